The molecule has 1 saturated carbocycles. The number of nitrogens with two attached hydrogens (primary N) is 1. The molecule has 1 aromatic heterocycles. The van der Waals surface area contributed by atoms with Crippen molar-refractivity contribution in [1.82, 2.24) is 10.3 Å². The number of hydrogen-bond donors (Lipinski definition) is 3. The quantitative estimate of drug-likeness (QED) is 0.773. The molecule has 1 fully saturated rings. The summed E-state index contributed by atoms with van der Waals surface area (Å²) in [5.74, 6) is -0.252. The van der Waals surface area contributed by atoms with E-state index in [1.54, 1.807) is 25.4 Å². The SMILES string of the molecule is CNC/N=C1/CC(c2ccc(F)cc2-c2cccnc2)CC(=N)C1=C(C)N. The maximum Gasteiger partial charge on any atom is 0.123 e. The van der Waals surface area contributed by atoms with Crippen LogP contribution in [0.3, 0.4) is 0 Å². The van der Waals surface area contributed by atoms with E-state index in [1.165, 1.54) is 6.07 Å². The highest BCUT2D eigenvalue weighted by Crippen LogP contribution is 2.38. The number of nitrogens with one attached hydrogen (secondary N) is 2. The predicted molar refractivity (Wildman–Crippen MR) is 108 cm³/mol. The van der Waals surface area contributed by atoms with Gasteiger partial charge in [0, 0.05) is 40.7 Å². The number of halogens is 1. The van der Waals surface area contributed by atoms with Gasteiger partial charge in [-0.2, -0.15) is 0 Å². The Labute approximate surface area is 158 Å². The number of hydrogen-bond acceptors (Lipinski definition) is 5. The molecule has 3 rings (SSSR count). The van der Waals surface area contributed by atoms with E-state index in [4.69, 9.17) is 11.1 Å². The average Bonchev–Trinajstić information content (AvgIpc) is 2.66. The number of allylic oxidation sites excluding steroid dienone is 2. The summed E-state index contributed by atoms with van der Waals surface area (Å²) in [7, 11) is 1.83. The van der Waals surface area contributed by atoms with Crippen LogP contribution < -0.4 is 11.1 Å². The fourth-order valence-corrected chi connectivity index (χ4v) is 3.59. The minimum absolute atomic E-state index is 0.0343. The van der Waals surface area contributed by atoms with Crippen LogP contribution in [0.4, 0.5) is 4.39 Å². The van der Waals surface area contributed by atoms with Crippen molar-refractivity contribution >= 4 is 11.4 Å². The van der Waals surface area contributed by atoms with Crippen LogP contribution in [0.1, 0.15) is 31.2 Å². The average molecular weight is 365 g/mol. The summed E-state index contributed by atoms with van der Waals surface area (Å²) in [5, 5.41) is 11.5. The maximum absolute atomic E-state index is 14.0. The number of rotatable bonds is 4. The zero-order valence-corrected chi connectivity index (χ0v) is 15.6. The molecular formula is C21H24FN5. The van der Waals surface area contributed by atoms with Crippen LogP contribution in [0.25, 0.3) is 11.1 Å². The molecule has 2 aromatic rings. The van der Waals surface area contributed by atoms with Crippen LogP contribution >= 0.6 is 0 Å². The van der Waals surface area contributed by atoms with Gasteiger partial charge in [0.05, 0.1) is 6.67 Å². The lowest BCUT2D eigenvalue weighted by molar-refractivity contribution is 0.625. The fraction of sp³-hybridized carbons (Fsp3) is 0.286. The van der Waals surface area contributed by atoms with Gasteiger partial charge in [-0.1, -0.05) is 12.1 Å². The Kier molecular flexibility index (Phi) is 5.76. The van der Waals surface area contributed by atoms with Crippen molar-refractivity contribution in [2.45, 2.75) is 25.7 Å². The van der Waals surface area contributed by atoms with Gasteiger partial charge in [0.15, 0.2) is 0 Å². The Morgan fingerprint density at radius 2 is 2.19 bits per heavy atom. The molecule has 0 bridgehead atoms. The van der Waals surface area contributed by atoms with Gasteiger partial charge in [-0.25, -0.2) is 4.39 Å². The van der Waals surface area contributed by atoms with Crippen LogP contribution in [0.5, 0.6) is 0 Å². The molecule has 0 radical (unpaired) electrons. The summed E-state index contributed by atoms with van der Waals surface area (Å²) in [4.78, 5) is 8.75. The van der Waals surface area contributed by atoms with Crippen molar-refractivity contribution in [2.24, 2.45) is 10.7 Å². The summed E-state index contributed by atoms with van der Waals surface area (Å²) >= 11 is 0. The smallest absolute Gasteiger partial charge is 0.123 e. The van der Waals surface area contributed by atoms with E-state index < -0.39 is 0 Å². The van der Waals surface area contributed by atoms with E-state index >= 15 is 0 Å². The Hall–Kier alpha value is -2.86. The summed E-state index contributed by atoms with van der Waals surface area (Å²) in [6.07, 6.45) is 4.63. The molecule has 1 unspecified atom stereocenters. The van der Waals surface area contributed by atoms with Gasteiger partial charge in [-0.15, -0.1) is 0 Å². The van der Waals surface area contributed by atoms with Crippen molar-refractivity contribution in [3.8, 4) is 11.1 Å². The minimum Gasteiger partial charge on any atom is -0.402 e. The lowest BCUT2D eigenvalue weighted by atomic mass is 9.76. The summed E-state index contributed by atoms with van der Waals surface area (Å²) in [5.41, 5.74) is 11.4. The molecule has 4 N–H and O–H groups in total. The van der Waals surface area contributed by atoms with Crippen molar-refractivity contribution < 1.29 is 4.39 Å². The van der Waals surface area contributed by atoms with Gasteiger partial charge in [0.25, 0.3) is 0 Å². The van der Waals surface area contributed by atoms with Crippen LogP contribution in [0.2, 0.25) is 0 Å². The van der Waals surface area contributed by atoms with Gasteiger partial charge >= 0.3 is 0 Å². The van der Waals surface area contributed by atoms with Crippen molar-refractivity contribution in [1.29, 1.82) is 5.41 Å². The topological polar surface area (TPSA) is 87.2 Å². The second kappa shape index (κ2) is 8.22. The zero-order valence-electron chi connectivity index (χ0n) is 15.6. The van der Waals surface area contributed by atoms with Gasteiger partial charge < -0.3 is 16.5 Å². The Bertz CT molecular complexity index is 898. The van der Waals surface area contributed by atoms with Gasteiger partial charge in [0.2, 0.25) is 0 Å². The molecule has 0 amide bonds. The highest BCUT2D eigenvalue weighted by Gasteiger charge is 2.30. The van der Waals surface area contributed by atoms with E-state index in [2.05, 4.69) is 15.3 Å². The van der Waals surface area contributed by atoms with Crippen LogP contribution in [0.15, 0.2) is 59.0 Å². The highest BCUT2D eigenvalue weighted by molar-refractivity contribution is 6.26. The predicted octanol–water partition coefficient (Wildman–Crippen LogP) is 3.64. The Morgan fingerprint density at radius 3 is 2.85 bits per heavy atom. The third-order valence-corrected chi connectivity index (χ3v) is 4.73. The monoisotopic (exact) mass is 365 g/mol. The number of aromatic nitrogens is 1. The maximum atomic E-state index is 14.0. The first kappa shape index (κ1) is 18.9. The first-order chi connectivity index (χ1) is 13.0. The summed E-state index contributed by atoms with van der Waals surface area (Å²) in [6, 6.07) is 8.59. The minimum atomic E-state index is -0.286. The zero-order chi connectivity index (χ0) is 19.4. The highest BCUT2D eigenvalue weighted by atomic mass is 19.1. The largest absolute Gasteiger partial charge is 0.402 e. The van der Waals surface area contributed by atoms with Crippen molar-refractivity contribution in [3.05, 3.63) is 65.4 Å². The third-order valence-electron chi connectivity index (χ3n) is 4.73. The fourth-order valence-electron chi connectivity index (χ4n) is 3.59. The lowest BCUT2D eigenvalue weighted by Crippen LogP contribution is -2.28. The molecule has 27 heavy (non-hydrogen) atoms. The molecule has 0 spiro atoms. The molecule has 1 aliphatic carbocycles. The number of nitrogens with zero attached hydrogens (tertiary/aromatic N) is 2. The van der Waals surface area contributed by atoms with Gasteiger partial charge in [-0.3, -0.25) is 9.98 Å². The van der Waals surface area contributed by atoms with Gasteiger partial charge in [0.1, 0.15) is 5.82 Å². The van der Waals surface area contributed by atoms with Crippen molar-refractivity contribution in [2.75, 3.05) is 13.7 Å². The van der Waals surface area contributed by atoms with Crippen molar-refractivity contribution in [3.63, 3.8) is 0 Å². The van der Waals surface area contributed by atoms with E-state index in [0.717, 1.165) is 28.0 Å². The molecule has 5 nitrogen and oxygen atoms in total. The van der Waals surface area contributed by atoms with E-state index in [-0.39, 0.29) is 11.7 Å². The van der Waals surface area contributed by atoms with E-state index in [1.807, 2.05) is 25.2 Å². The Morgan fingerprint density at radius 1 is 1.37 bits per heavy atom. The normalized spacial score (nSPS) is 20.8. The number of benzene rings is 1. The number of aliphatic imine (C=N–C) groups is 1. The summed E-state index contributed by atoms with van der Waals surface area (Å²) in [6.45, 7) is 2.27. The molecule has 1 aromatic carbocycles. The molecule has 1 aliphatic rings. The Balaban J connectivity index is 2.05. The van der Waals surface area contributed by atoms with E-state index in [9.17, 15) is 4.39 Å². The third kappa shape index (κ3) is 4.11. The van der Waals surface area contributed by atoms with E-state index in [0.29, 0.717) is 30.9 Å². The molecule has 6 heteroatoms. The van der Waals surface area contributed by atoms with Gasteiger partial charge in [-0.05, 0) is 62.1 Å². The second-order valence-corrected chi connectivity index (χ2v) is 6.73. The van der Waals surface area contributed by atoms with Crippen LogP contribution in [0, 0.1) is 11.2 Å². The molecule has 0 saturated heterocycles. The second-order valence-electron chi connectivity index (χ2n) is 6.73. The first-order valence-corrected chi connectivity index (χ1v) is 8.93. The molecular weight excluding hydrogens is 341 g/mol. The molecule has 1 heterocycles. The first-order valence-electron chi connectivity index (χ1n) is 8.93. The van der Waals surface area contributed by atoms with Crippen LogP contribution in [-0.4, -0.2) is 30.1 Å². The summed E-state index contributed by atoms with van der Waals surface area (Å²) < 4.78 is 14.0. The molecule has 1 atom stereocenters. The molecule has 0 aliphatic heterocycles. The number of pyridine rings is 1. The lowest BCUT2D eigenvalue weighted by Gasteiger charge is -2.29. The molecule has 140 valence electrons. The van der Waals surface area contributed by atoms with Crippen LogP contribution in [-0.2, 0) is 0 Å². The standard InChI is InChI=1S/C21H24FN5/c1-13(23)21-19(24)8-15(9-20(21)27-12-25-2)17-6-5-16(22)10-18(17)14-4-3-7-26-11-14/h3-7,10-11,15,24-25H,8-9,12,23H2,1-2H3/b21-13?,24-19?,27-20-.